The van der Waals surface area contributed by atoms with Gasteiger partial charge in [0.15, 0.2) is 0 Å². The Kier molecular flexibility index (Phi) is 1.81. The Labute approximate surface area is 76.2 Å². The van der Waals surface area contributed by atoms with E-state index in [0.29, 0.717) is 0 Å². The Balaban J connectivity index is 2.76. The first-order valence-corrected chi connectivity index (χ1v) is 4.03. The summed E-state index contributed by atoms with van der Waals surface area (Å²) in [5.74, 6) is 0. The highest BCUT2D eigenvalue weighted by molar-refractivity contribution is 5.86. The van der Waals surface area contributed by atoms with E-state index in [1.54, 1.807) is 12.4 Å². The van der Waals surface area contributed by atoms with Gasteiger partial charge in [-0.25, -0.2) is 0 Å². The Bertz CT molecular complexity index is 419. The van der Waals surface area contributed by atoms with Crippen LogP contribution >= 0.6 is 0 Å². The summed E-state index contributed by atoms with van der Waals surface area (Å²) in [6, 6.07) is 3.76. The molecule has 0 N–H and O–H groups in total. The predicted molar refractivity (Wildman–Crippen MR) is 51.7 cm³/mol. The first-order valence-electron chi connectivity index (χ1n) is 4.03. The molecule has 0 aliphatic rings. The summed E-state index contributed by atoms with van der Waals surface area (Å²) in [5, 5.41) is 7.89. The molecule has 66 valence electrons. The van der Waals surface area contributed by atoms with Crippen molar-refractivity contribution in [2.75, 3.05) is 19.0 Å². The molecule has 2 rings (SSSR count). The number of aromatic nitrogens is 3. The lowest BCUT2D eigenvalue weighted by molar-refractivity contribution is 1.03. The van der Waals surface area contributed by atoms with Crippen LogP contribution in [0.3, 0.4) is 0 Å². The average Bonchev–Trinajstić information content (AvgIpc) is 2.17. The minimum atomic E-state index is 0.828. The van der Waals surface area contributed by atoms with Crippen molar-refractivity contribution >= 4 is 16.7 Å². The fourth-order valence-electron chi connectivity index (χ4n) is 1.21. The number of hydrogen-bond acceptors (Lipinski definition) is 4. The van der Waals surface area contributed by atoms with Crippen molar-refractivity contribution < 1.29 is 0 Å². The summed E-state index contributed by atoms with van der Waals surface area (Å²) in [7, 11) is 3.93. The van der Waals surface area contributed by atoms with Crippen LogP contribution in [0, 0.1) is 0 Å². The Morgan fingerprint density at radius 1 is 1.31 bits per heavy atom. The van der Waals surface area contributed by atoms with E-state index in [4.69, 9.17) is 0 Å². The molecule has 0 aromatic carbocycles. The van der Waals surface area contributed by atoms with Crippen LogP contribution in [0.25, 0.3) is 11.0 Å². The number of fused-ring (bicyclic) bond motifs is 1. The number of anilines is 1. The highest BCUT2D eigenvalue weighted by Crippen LogP contribution is 2.18. The van der Waals surface area contributed by atoms with Gasteiger partial charge in [0.1, 0.15) is 11.0 Å². The second-order valence-electron chi connectivity index (χ2n) is 3.00. The zero-order valence-corrected chi connectivity index (χ0v) is 7.60. The Hall–Kier alpha value is -1.71. The van der Waals surface area contributed by atoms with Gasteiger partial charge in [-0.2, -0.15) is 5.10 Å². The van der Waals surface area contributed by atoms with Gasteiger partial charge in [-0.15, -0.1) is 5.10 Å². The number of nitrogens with zero attached hydrogens (tertiary/aromatic N) is 4. The van der Waals surface area contributed by atoms with Crippen LogP contribution in [0.4, 0.5) is 5.69 Å². The van der Waals surface area contributed by atoms with Crippen LogP contribution in [0.15, 0.2) is 24.5 Å². The summed E-state index contributed by atoms with van der Waals surface area (Å²) in [6.45, 7) is 0. The monoisotopic (exact) mass is 174 g/mol. The maximum absolute atomic E-state index is 4.26. The molecule has 0 saturated carbocycles. The Morgan fingerprint density at radius 2 is 2.15 bits per heavy atom. The lowest BCUT2D eigenvalue weighted by Gasteiger charge is -2.12. The van der Waals surface area contributed by atoms with Crippen molar-refractivity contribution in [1.29, 1.82) is 0 Å². The molecule has 4 nitrogen and oxygen atoms in total. The van der Waals surface area contributed by atoms with Crippen LogP contribution in [-0.2, 0) is 0 Å². The third kappa shape index (κ3) is 1.30. The smallest absolute Gasteiger partial charge is 0.115 e. The molecular formula is C9H10N4. The van der Waals surface area contributed by atoms with E-state index in [1.165, 1.54) is 0 Å². The molecule has 0 radical (unpaired) electrons. The van der Waals surface area contributed by atoms with Gasteiger partial charge in [0.25, 0.3) is 0 Å². The van der Waals surface area contributed by atoms with Gasteiger partial charge in [-0.05, 0) is 12.1 Å². The van der Waals surface area contributed by atoms with E-state index >= 15 is 0 Å². The second kappa shape index (κ2) is 2.97. The molecular weight excluding hydrogens is 164 g/mol. The minimum Gasteiger partial charge on any atom is -0.375 e. The maximum atomic E-state index is 4.26. The van der Waals surface area contributed by atoms with E-state index in [-0.39, 0.29) is 0 Å². The SMILES string of the molecule is CN(C)c1cnnc2cccnc12. The number of rotatable bonds is 1. The van der Waals surface area contributed by atoms with E-state index in [2.05, 4.69) is 15.2 Å². The topological polar surface area (TPSA) is 41.9 Å². The van der Waals surface area contributed by atoms with Gasteiger partial charge < -0.3 is 4.90 Å². The zero-order chi connectivity index (χ0) is 9.26. The average molecular weight is 174 g/mol. The van der Waals surface area contributed by atoms with Gasteiger partial charge in [0, 0.05) is 20.3 Å². The van der Waals surface area contributed by atoms with Gasteiger partial charge >= 0.3 is 0 Å². The summed E-state index contributed by atoms with van der Waals surface area (Å²) < 4.78 is 0. The maximum Gasteiger partial charge on any atom is 0.115 e. The molecule has 0 unspecified atom stereocenters. The van der Waals surface area contributed by atoms with Gasteiger partial charge in [-0.1, -0.05) is 0 Å². The lowest BCUT2D eigenvalue weighted by atomic mass is 10.3. The van der Waals surface area contributed by atoms with Crippen molar-refractivity contribution in [1.82, 2.24) is 15.2 Å². The molecule has 4 heteroatoms. The fourth-order valence-corrected chi connectivity index (χ4v) is 1.21. The third-order valence-corrected chi connectivity index (χ3v) is 1.86. The summed E-state index contributed by atoms with van der Waals surface area (Å²) >= 11 is 0. The third-order valence-electron chi connectivity index (χ3n) is 1.86. The molecule has 2 aromatic rings. The predicted octanol–water partition coefficient (Wildman–Crippen LogP) is 1.09. The summed E-state index contributed by atoms with van der Waals surface area (Å²) in [4.78, 5) is 6.23. The van der Waals surface area contributed by atoms with Gasteiger partial charge in [-0.3, -0.25) is 4.98 Å². The highest BCUT2D eigenvalue weighted by atomic mass is 15.1. The van der Waals surface area contributed by atoms with E-state index in [0.717, 1.165) is 16.7 Å². The molecule has 2 heterocycles. The van der Waals surface area contributed by atoms with E-state index < -0.39 is 0 Å². The second-order valence-corrected chi connectivity index (χ2v) is 3.00. The lowest BCUT2D eigenvalue weighted by Crippen LogP contribution is -2.10. The highest BCUT2D eigenvalue weighted by Gasteiger charge is 2.04. The van der Waals surface area contributed by atoms with Crippen LogP contribution in [0.5, 0.6) is 0 Å². The molecule has 0 aliphatic carbocycles. The van der Waals surface area contributed by atoms with Crippen molar-refractivity contribution in [3.8, 4) is 0 Å². The fraction of sp³-hybridized carbons (Fsp3) is 0.222. The van der Waals surface area contributed by atoms with Crippen molar-refractivity contribution in [2.24, 2.45) is 0 Å². The van der Waals surface area contributed by atoms with Crippen LogP contribution < -0.4 is 4.90 Å². The normalized spacial score (nSPS) is 10.3. The summed E-state index contributed by atoms with van der Waals surface area (Å²) in [5.41, 5.74) is 2.71. The molecule has 0 saturated heterocycles. The van der Waals surface area contributed by atoms with Crippen molar-refractivity contribution in [2.45, 2.75) is 0 Å². The zero-order valence-electron chi connectivity index (χ0n) is 7.60. The van der Waals surface area contributed by atoms with Gasteiger partial charge in [0.2, 0.25) is 0 Å². The van der Waals surface area contributed by atoms with Crippen LogP contribution in [-0.4, -0.2) is 29.3 Å². The number of hydrogen-bond donors (Lipinski definition) is 0. The number of pyridine rings is 1. The Morgan fingerprint density at radius 3 is 2.92 bits per heavy atom. The largest absolute Gasteiger partial charge is 0.375 e. The molecule has 0 amide bonds. The van der Waals surface area contributed by atoms with Crippen molar-refractivity contribution in [3.05, 3.63) is 24.5 Å². The van der Waals surface area contributed by atoms with Crippen molar-refractivity contribution in [3.63, 3.8) is 0 Å². The first-order chi connectivity index (χ1) is 6.29. The quantitative estimate of drug-likeness (QED) is 0.649. The molecule has 0 bridgehead atoms. The van der Waals surface area contributed by atoms with E-state index in [1.807, 2.05) is 31.1 Å². The minimum absolute atomic E-state index is 0.828. The van der Waals surface area contributed by atoms with Gasteiger partial charge in [0.05, 0.1) is 11.9 Å². The molecule has 0 aliphatic heterocycles. The van der Waals surface area contributed by atoms with E-state index in [9.17, 15) is 0 Å². The first kappa shape index (κ1) is 7.91. The molecule has 0 fully saturated rings. The standard InChI is InChI=1S/C9H10N4/c1-13(2)8-6-11-12-7-4-3-5-10-9(7)8/h3-6H,1-2H3. The van der Waals surface area contributed by atoms with Crippen LogP contribution in [0.1, 0.15) is 0 Å². The molecule has 0 spiro atoms. The van der Waals surface area contributed by atoms with Crippen LogP contribution in [0.2, 0.25) is 0 Å². The molecule has 13 heavy (non-hydrogen) atoms. The molecule has 2 aromatic heterocycles. The molecule has 0 atom stereocenters. The summed E-state index contributed by atoms with van der Waals surface area (Å²) in [6.07, 6.45) is 3.48.